The van der Waals surface area contributed by atoms with Gasteiger partial charge in [0.2, 0.25) is 11.8 Å². The Morgan fingerprint density at radius 1 is 1.07 bits per heavy atom. The summed E-state index contributed by atoms with van der Waals surface area (Å²) in [5, 5.41) is 5.55. The maximum atomic E-state index is 13.2. The fraction of sp³-hybridized carbons (Fsp3) is 0.333. The molecule has 0 spiro atoms. The van der Waals surface area contributed by atoms with Gasteiger partial charge >= 0.3 is 0 Å². The molecular weight excluding hydrogens is 347 g/mol. The lowest BCUT2D eigenvalue weighted by molar-refractivity contribution is -0.126. The van der Waals surface area contributed by atoms with Crippen molar-refractivity contribution < 1.29 is 18.7 Å². The number of carbonyl (C=O) groups is 2. The molecule has 6 heteroatoms. The van der Waals surface area contributed by atoms with Crippen LogP contribution in [0.15, 0.2) is 54.6 Å². The molecule has 3 rings (SSSR count). The first kappa shape index (κ1) is 19.0. The molecule has 2 aromatic rings. The van der Waals surface area contributed by atoms with Gasteiger partial charge in [0.05, 0.1) is 25.1 Å². The fourth-order valence-corrected chi connectivity index (χ4v) is 3.17. The van der Waals surface area contributed by atoms with Crippen molar-refractivity contribution in [3.63, 3.8) is 0 Å². The monoisotopic (exact) mass is 370 g/mol. The molecule has 142 valence electrons. The van der Waals surface area contributed by atoms with Crippen LogP contribution in [0.5, 0.6) is 0 Å². The molecule has 27 heavy (non-hydrogen) atoms. The van der Waals surface area contributed by atoms with Crippen molar-refractivity contribution in [2.24, 2.45) is 0 Å². The molecule has 2 N–H and O–H groups in total. The van der Waals surface area contributed by atoms with Gasteiger partial charge in [0, 0.05) is 6.61 Å². The van der Waals surface area contributed by atoms with Gasteiger partial charge in [-0.05, 0) is 36.1 Å². The van der Waals surface area contributed by atoms with Crippen LogP contribution in [0.1, 0.15) is 30.0 Å². The van der Waals surface area contributed by atoms with Gasteiger partial charge in [-0.25, -0.2) is 4.39 Å². The molecule has 0 bridgehead atoms. The summed E-state index contributed by atoms with van der Waals surface area (Å²) >= 11 is 0. The van der Waals surface area contributed by atoms with E-state index in [0.717, 1.165) is 24.0 Å². The standard InChI is InChI=1S/C21H23FN2O3/c22-17-10-8-16(9-11-17)21(18-7-4-12-27-18)24-20(26)14-23-19(25)13-15-5-2-1-3-6-15/h1-3,5-6,8-11,18,21H,4,7,12-14H2,(H,23,25)(H,24,26). The minimum Gasteiger partial charge on any atom is -0.376 e. The Labute approximate surface area is 157 Å². The van der Waals surface area contributed by atoms with E-state index in [9.17, 15) is 14.0 Å². The molecule has 2 unspecified atom stereocenters. The number of carbonyl (C=O) groups excluding carboxylic acids is 2. The predicted molar refractivity (Wildman–Crippen MR) is 99.4 cm³/mol. The maximum Gasteiger partial charge on any atom is 0.239 e. The van der Waals surface area contributed by atoms with E-state index in [1.807, 2.05) is 30.3 Å². The van der Waals surface area contributed by atoms with E-state index in [1.165, 1.54) is 12.1 Å². The van der Waals surface area contributed by atoms with Crippen molar-refractivity contribution >= 4 is 11.8 Å². The topological polar surface area (TPSA) is 67.4 Å². The van der Waals surface area contributed by atoms with Gasteiger partial charge in [-0.3, -0.25) is 9.59 Å². The molecule has 0 aromatic heterocycles. The number of nitrogens with one attached hydrogen (secondary N) is 2. The largest absolute Gasteiger partial charge is 0.376 e. The summed E-state index contributed by atoms with van der Waals surface area (Å²) in [5.74, 6) is -0.850. The van der Waals surface area contributed by atoms with Crippen LogP contribution in [0.25, 0.3) is 0 Å². The smallest absolute Gasteiger partial charge is 0.239 e. The first-order valence-electron chi connectivity index (χ1n) is 9.09. The molecule has 1 heterocycles. The van der Waals surface area contributed by atoms with Crippen molar-refractivity contribution in [3.8, 4) is 0 Å². The molecule has 0 aliphatic carbocycles. The number of halogens is 1. The SMILES string of the molecule is O=C(Cc1ccccc1)NCC(=O)NC(c1ccc(F)cc1)C1CCCO1. The third kappa shape index (κ3) is 5.62. The second-order valence-corrected chi connectivity index (χ2v) is 6.59. The van der Waals surface area contributed by atoms with E-state index in [4.69, 9.17) is 4.74 Å². The van der Waals surface area contributed by atoms with E-state index in [2.05, 4.69) is 10.6 Å². The Morgan fingerprint density at radius 3 is 2.48 bits per heavy atom. The van der Waals surface area contributed by atoms with Gasteiger partial charge in [0.15, 0.2) is 0 Å². The Balaban J connectivity index is 1.55. The molecule has 0 radical (unpaired) electrons. The van der Waals surface area contributed by atoms with Crippen LogP contribution in [-0.2, 0) is 20.7 Å². The fourth-order valence-electron chi connectivity index (χ4n) is 3.17. The summed E-state index contributed by atoms with van der Waals surface area (Å²) in [7, 11) is 0. The Morgan fingerprint density at radius 2 is 1.81 bits per heavy atom. The minimum atomic E-state index is -0.369. The van der Waals surface area contributed by atoms with Crippen LogP contribution in [0.4, 0.5) is 4.39 Å². The average Bonchev–Trinajstić information content (AvgIpc) is 3.21. The highest BCUT2D eigenvalue weighted by Crippen LogP contribution is 2.27. The number of benzene rings is 2. The first-order valence-corrected chi connectivity index (χ1v) is 9.09. The van der Waals surface area contributed by atoms with Crippen LogP contribution in [-0.4, -0.2) is 31.1 Å². The Kier molecular flexibility index (Phi) is 6.54. The van der Waals surface area contributed by atoms with Crippen molar-refractivity contribution in [1.29, 1.82) is 0 Å². The van der Waals surface area contributed by atoms with Gasteiger partial charge in [-0.1, -0.05) is 42.5 Å². The lowest BCUT2D eigenvalue weighted by Crippen LogP contribution is -2.42. The van der Waals surface area contributed by atoms with Crippen LogP contribution in [0, 0.1) is 5.82 Å². The van der Waals surface area contributed by atoms with Gasteiger partial charge in [-0.15, -0.1) is 0 Å². The third-order valence-electron chi connectivity index (χ3n) is 4.54. The second-order valence-electron chi connectivity index (χ2n) is 6.59. The van der Waals surface area contributed by atoms with E-state index in [0.29, 0.717) is 6.61 Å². The van der Waals surface area contributed by atoms with E-state index in [1.54, 1.807) is 12.1 Å². The lowest BCUT2D eigenvalue weighted by atomic mass is 9.99. The van der Waals surface area contributed by atoms with Gasteiger partial charge in [-0.2, -0.15) is 0 Å². The van der Waals surface area contributed by atoms with Crippen molar-refractivity contribution in [3.05, 3.63) is 71.5 Å². The molecule has 1 aliphatic rings. The van der Waals surface area contributed by atoms with Crippen LogP contribution < -0.4 is 10.6 Å². The Bertz CT molecular complexity index is 759. The van der Waals surface area contributed by atoms with Gasteiger partial charge in [0.1, 0.15) is 5.82 Å². The quantitative estimate of drug-likeness (QED) is 0.787. The summed E-state index contributed by atoms with van der Waals surface area (Å²) in [6, 6.07) is 15.0. The zero-order chi connectivity index (χ0) is 19.1. The summed E-state index contributed by atoms with van der Waals surface area (Å²) in [6.45, 7) is 0.530. The molecule has 2 atom stereocenters. The van der Waals surface area contributed by atoms with Gasteiger partial charge in [0.25, 0.3) is 0 Å². The van der Waals surface area contributed by atoms with E-state index < -0.39 is 0 Å². The molecule has 2 aromatic carbocycles. The van der Waals surface area contributed by atoms with Crippen LogP contribution in [0.3, 0.4) is 0 Å². The predicted octanol–water partition coefficient (Wildman–Crippen LogP) is 2.52. The van der Waals surface area contributed by atoms with Crippen molar-refractivity contribution in [1.82, 2.24) is 10.6 Å². The third-order valence-corrected chi connectivity index (χ3v) is 4.54. The van der Waals surface area contributed by atoms with E-state index in [-0.39, 0.29) is 42.7 Å². The highest BCUT2D eigenvalue weighted by molar-refractivity contribution is 5.85. The zero-order valence-electron chi connectivity index (χ0n) is 15.0. The highest BCUT2D eigenvalue weighted by Gasteiger charge is 2.28. The number of amides is 2. The number of rotatable bonds is 7. The van der Waals surface area contributed by atoms with Crippen LogP contribution >= 0.6 is 0 Å². The maximum absolute atomic E-state index is 13.2. The zero-order valence-corrected chi connectivity index (χ0v) is 15.0. The molecule has 2 amide bonds. The number of ether oxygens (including phenoxy) is 1. The normalized spacial score (nSPS) is 17.3. The van der Waals surface area contributed by atoms with Crippen LogP contribution in [0.2, 0.25) is 0 Å². The molecular formula is C21H23FN2O3. The molecule has 1 aliphatic heterocycles. The number of hydrogen-bond acceptors (Lipinski definition) is 3. The lowest BCUT2D eigenvalue weighted by Gasteiger charge is -2.25. The molecule has 5 nitrogen and oxygen atoms in total. The summed E-state index contributed by atoms with van der Waals surface area (Å²) in [4.78, 5) is 24.4. The Hall–Kier alpha value is -2.73. The molecule has 1 fully saturated rings. The first-order chi connectivity index (χ1) is 13.1. The van der Waals surface area contributed by atoms with Crippen molar-refractivity contribution in [2.75, 3.05) is 13.2 Å². The summed E-state index contributed by atoms with van der Waals surface area (Å²) in [6.07, 6.45) is 1.81. The van der Waals surface area contributed by atoms with E-state index >= 15 is 0 Å². The number of hydrogen-bond donors (Lipinski definition) is 2. The minimum absolute atomic E-state index is 0.115. The average molecular weight is 370 g/mol. The molecule has 1 saturated heterocycles. The second kappa shape index (κ2) is 9.28. The summed E-state index contributed by atoms with van der Waals surface area (Å²) in [5.41, 5.74) is 1.67. The van der Waals surface area contributed by atoms with Gasteiger partial charge < -0.3 is 15.4 Å². The van der Waals surface area contributed by atoms with Crippen molar-refractivity contribution in [2.45, 2.75) is 31.4 Å². The highest BCUT2D eigenvalue weighted by atomic mass is 19.1. The summed E-state index contributed by atoms with van der Waals surface area (Å²) < 4.78 is 18.9. The molecule has 0 saturated carbocycles.